The first-order valence-electron chi connectivity index (χ1n) is 6.26. The monoisotopic (exact) mass is 275 g/mol. The van der Waals surface area contributed by atoms with E-state index in [1.54, 1.807) is 4.88 Å². The molecule has 1 aromatic carbocycles. The van der Waals surface area contributed by atoms with Gasteiger partial charge in [-0.1, -0.05) is 24.3 Å². The molecular formula is C15H17NS2. The lowest BCUT2D eigenvalue weighted by Gasteiger charge is -2.12. The number of thioether (sulfide) groups is 1. The Balaban J connectivity index is 1.95. The van der Waals surface area contributed by atoms with Gasteiger partial charge in [-0.2, -0.15) is 11.8 Å². The van der Waals surface area contributed by atoms with Crippen LogP contribution in [-0.2, 0) is 12.2 Å². The summed E-state index contributed by atoms with van der Waals surface area (Å²) < 4.78 is 0. The molecule has 1 atom stereocenters. The minimum atomic E-state index is 0.0341. The number of benzene rings is 1. The summed E-state index contributed by atoms with van der Waals surface area (Å²) in [6.45, 7) is 2.14. The summed E-state index contributed by atoms with van der Waals surface area (Å²) in [4.78, 5) is 2.87. The zero-order valence-electron chi connectivity index (χ0n) is 10.5. The number of hydrogen-bond acceptors (Lipinski definition) is 3. The molecule has 1 unspecified atom stereocenters. The largest absolute Gasteiger partial charge is 0.320 e. The maximum Gasteiger partial charge on any atom is 0.0648 e. The average Bonchev–Trinajstić information content (AvgIpc) is 2.82. The van der Waals surface area contributed by atoms with Crippen LogP contribution in [0.15, 0.2) is 30.3 Å². The van der Waals surface area contributed by atoms with E-state index in [-0.39, 0.29) is 6.04 Å². The second-order valence-electron chi connectivity index (χ2n) is 4.73. The number of rotatable bonds is 2. The Kier molecular flexibility index (Phi) is 3.46. The van der Waals surface area contributed by atoms with Crippen molar-refractivity contribution < 1.29 is 0 Å². The number of aryl methyl sites for hydroxylation is 2. The number of thiophene rings is 1. The highest BCUT2D eigenvalue weighted by molar-refractivity contribution is 7.98. The lowest BCUT2D eigenvalue weighted by atomic mass is 10.0. The van der Waals surface area contributed by atoms with E-state index in [9.17, 15) is 0 Å². The fraction of sp³-hybridized carbons (Fsp3) is 0.333. The average molecular weight is 275 g/mol. The summed E-state index contributed by atoms with van der Waals surface area (Å²) in [5.74, 6) is 2.42. The predicted octanol–water partition coefficient (Wildman–Crippen LogP) is 3.89. The molecule has 2 N–H and O–H groups in total. The van der Waals surface area contributed by atoms with Gasteiger partial charge in [-0.15, -0.1) is 11.3 Å². The van der Waals surface area contributed by atoms with Crippen molar-refractivity contribution in [2.75, 3.05) is 5.75 Å². The van der Waals surface area contributed by atoms with E-state index in [2.05, 4.69) is 37.3 Å². The molecule has 2 aromatic rings. The van der Waals surface area contributed by atoms with Gasteiger partial charge in [0.25, 0.3) is 0 Å². The van der Waals surface area contributed by atoms with Crippen LogP contribution in [0.2, 0.25) is 0 Å². The van der Waals surface area contributed by atoms with E-state index >= 15 is 0 Å². The molecule has 0 spiro atoms. The van der Waals surface area contributed by atoms with Crippen molar-refractivity contribution in [2.24, 2.45) is 5.73 Å². The van der Waals surface area contributed by atoms with Crippen molar-refractivity contribution in [1.29, 1.82) is 0 Å². The van der Waals surface area contributed by atoms with Crippen molar-refractivity contribution in [1.82, 2.24) is 0 Å². The lowest BCUT2D eigenvalue weighted by molar-refractivity contribution is 0.881. The van der Waals surface area contributed by atoms with Gasteiger partial charge < -0.3 is 5.73 Å². The third-order valence-electron chi connectivity index (χ3n) is 3.48. The molecule has 0 saturated heterocycles. The maximum atomic E-state index is 6.43. The molecule has 94 valence electrons. The SMILES string of the molecule is Cc1ccccc1C(N)c1cc2c(s1)CCSC2. The molecule has 18 heavy (non-hydrogen) atoms. The van der Waals surface area contributed by atoms with Crippen molar-refractivity contribution in [3.8, 4) is 0 Å². The van der Waals surface area contributed by atoms with E-state index in [1.807, 2.05) is 23.1 Å². The van der Waals surface area contributed by atoms with Crippen LogP contribution in [0, 0.1) is 6.92 Å². The zero-order chi connectivity index (χ0) is 12.5. The molecule has 0 radical (unpaired) electrons. The maximum absolute atomic E-state index is 6.43. The molecule has 1 nitrogen and oxygen atoms in total. The van der Waals surface area contributed by atoms with E-state index in [0.717, 1.165) is 5.75 Å². The van der Waals surface area contributed by atoms with Gasteiger partial charge in [-0.05, 0) is 41.9 Å². The van der Waals surface area contributed by atoms with Crippen molar-refractivity contribution in [2.45, 2.75) is 25.1 Å². The molecule has 0 bridgehead atoms. The van der Waals surface area contributed by atoms with Gasteiger partial charge in [-0.3, -0.25) is 0 Å². The summed E-state index contributed by atoms with van der Waals surface area (Å²) in [6.07, 6.45) is 1.21. The van der Waals surface area contributed by atoms with Gasteiger partial charge in [0.05, 0.1) is 6.04 Å². The summed E-state index contributed by atoms with van der Waals surface area (Å²) in [5.41, 5.74) is 10.5. The first-order chi connectivity index (χ1) is 8.75. The van der Waals surface area contributed by atoms with Gasteiger partial charge >= 0.3 is 0 Å². The van der Waals surface area contributed by atoms with Gasteiger partial charge in [0.1, 0.15) is 0 Å². The highest BCUT2D eigenvalue weighted by Crippen LogP contribution is 2.36. The smallest absolute Gasteiger partial charge is 0.0648 e. The van der Waals surface area contributed by atoms with E-state index in [1.165, 1.54) is 33.7 Å². The summed E-state index contributed by atoms with van der Waals surface area (Å²) in [5, 5.41) is 0. The third-order valence-corrected chi connectivity index (χ3v) is 5.80. The first-order valence-corrected chi connectivity index (χ1v) is 8.23. The van der Waals surface area contributed by atoms with E-state index < -0.39 is 0 Å². The van der Waals surface area contributed by atoms with Crippen LogP contribution in [0.3, 0.4) is 0 Å². The molecule has 2 heterocycles. The quantitative estimate of drug-likeness (QED) is 0.899. The third kappa shape index (κ3) is 2.22. The van der Waals surface area contributed by atoms with Gasteiger partial charge in [0.2, 0.25) is 0 Å². The Hall–Kier alpha value is -0.770. The number of fused-ring (bicyclic) bond motifs is 1. The molecule has 0 aliphatic carbocycles. The predicted molar refractivity (Wildman–Crippen MR) is 81.4 cm³/mol. The molecule has 3 heteroatoms. The number of hydrogen-bond donors (Lipinski definition) is 1. The molecule has 0 amide bonds. The Morgan fingerprint density at radius 3 is 2.89 bits per heavy atom. The Bertz CT molecular complexity index is 536. The van der Waals surface area contributed by atoms with Crippen LogP contribution in [0.1, 0.15) is 32.5 Å². The highest BCUT2D eigenvalue weighted by Gasteiger charge is 2.18. The van der Waals surface area contributed by atoms with Crippen LogP contribution in [0.25, 0.3) is 0 Å². The molecule has 0 fully saturated rings. The van der Waals surface area contributed by atoms with E-state index in [0.29, 0.717) is 0 Å². The number of nitrogens with two attached hydrogens (primary N) is 1. The molecule has 1 aliphatic rings. The van der Waals surface area contributed by atoms with Crippen LogP contribution >= 0.6 is 23.1 Å². The van der Waals surface area contributed by atoms with Gasteiger partial charge in [-0.25, -0.2) is 0 Å². The normalized spacial score (nSPS) is 16.3. The second kappa shape index (κ2) is 5.08. The van der Waals surface area contributed by atoms with Crippen molar-refractivity contribution in [3.05, 3.63) is 56.8 Å². The lowest BCUT2D eigenvalue weighted by Crippen LogP contribution is -2.11. The minimum Gasteiger partial charge on any atom is -0.320 e. The fourth-order valence-corrected chi connectivity index (χ4v) is 4.81. The topological polar surface area (TPSA) is 26.0 Å². The second-order valence-corrected chi connectivity index (χ2v) is 7.01. The molecule has 3 rings (SSSR count). The van der Waals surface area contributed by atoms with Crippen LogP contribution in [-0.4, -0.2) is 5.75 Å². The fourth-order valence-electron chi connectivity index (χ4n) is 2.41. The Labute approximate surface area is 116 Å². The first kappa shape index (κ1) is 12.3. The van der Waals surface area contributed by atoms with Crippen molar-refractivity contribution >= 4 is 23.1 Å². The van der Waals surface area contributed by atoms with Crippen LogP contribution in [0.5, 0.6) is 0 Å². The Morgan fingerprint density at radius 2 is 2.11 bits per heavy atom. The Morgan fingerprint density at radius 1 is 1.28 bits per heavy atom. The van der Waals surface area contributed by atoms with Crippen molar-refractivity contribution in [3.63, 3.8) is 0 Å². The highest BCUT2D eigenvalue weighted by atomic mass is 32.2. The molecule has 0 saturated carbocycles. The zero-order valence-corrected chi connectivity index (χ0v) is 12.1. The summed E-state index contributed by atoms with van der Waals surface area (Å²) in [6, 6.07) is 10.8. The molecule has 1 aliphatic heterocycles. The summed E-state index contributed by atoms with van der Waals surface area (Å²) >= 11 is 3.94. The summed E-state index contributed by atoms with van der Waals surface area (Å²) in [7, 11) is 0. The molecule has 1 aromatic heterocycles. The van der Waals surface area contributed by atoms with Gasteiger partial charge in [0.15, 0.2) is 0 Å². The van der Waals surface area contributed by atoms with Crippen LogP contribution in [0.4, 0.5) is 0 Å². The standard InChI is InChI=1S/C15H17NS2/c1-10-4-2-3-5-12(10)15(16)14-8-11-9-17-7-6-13(11)18-14/h2-5,8,15H,6-7,9,16H2,1H3. The van der Waals surface area contributed by atoms with E-state index in [4.69, 9.17) is 5.73 Å². The van der Waals surface area contributed by atoms with Gasteiger partial charge in [0, 0.05) is 15.5 Å². The van der Waals surface area contributed by atoms with Crippen LogP contribution < -0.4 is 5.73 Å². The molecular weight excluding hydrogens is 258 g/mol. The minimum absolute atomic E-state index is 0.0341.